The summed E-state index contributed by atoms with van der Waals surface area (Å²) in [6.45, 7) is 0.599. The van der Waals surface area contributed by atoms with Gasteiger partial charge in [0.1, 0.15) is 11.5 Å². The highest BCUT2D eigenvalue weighted by atomic mass is 32.2. The van der Waals surface area contributed by atoms with Crippen molar-refractivity contribution in [3.63, 3.8) is 0 Å². The number of carbonyl (C=O) groups excluding carboxylic acids is 1. The van der Waals surface area contributed by atoms with Crippen LogP contribution in [0.25, 0.3) is 22.5 Å². The molecule has 0 radical (unpaired) electrons. The smallest absolute Gasteiger partial charge is 0.251 e. The molecule has 164 valence electrons. The number of nitrogens with one attached hydrogen (secondary N) is 1. The lowest BCUT2D eigenvalue weighted by atomic mass is 9.96. The lowest BCUT2D eigenvalue weighted by Gasteiger charge is -2.17. The molecule has 1 aliphatic carbocycles. The Labute approximate surface area is 186 Å². The van der Waals surface area contributed by atoms with Gasteiger partial charge in [0.15, 0.2) is 0 Å². The van der Waals surface area contributed by atoms with Gasteiger partial charge in [-0.15, -0.1) is 0 Å². The highest BCUT2D eigenvalue weighted by Gasteiger charge is 2.35. The molecular formula is C23H23N5O3S. The van der Waals surface area contributed by atoms with E-state index in [4.69, 9.17) is 10.7 Å². The van der Waals surface area contributed by atoms with E-state index in [1.54, 1.807) is 43.6 Å². The monoisotopic (exact) mass is 449 g/mol. The Kier molecular flexibility index (Phi) is 4.94. The number of amides is 1. The Balaban J connectivity index is 1.47. The van der Waals surface area contributed by atoms with Crippen molar-refractivity contribution in [1.82, 2.24) is 19.6 Å². The van der Waals surface area contributed by atoms with Gasteiger partial charge >= 0.3 is 0 Å². The fraction of sp³-hybridized carbons (Fsp3) is 0.261. The third-order valence-corrected chi connectivity index (χ3v) is 7.92. The van der Waals surface area contributed by atoms with Crippen molar-refractivity contribution in [3.05, 3.63) is 59.8 Å². The molecule has 1 aliphatic heterocycles. The number of hydrogen-bond acceptors (Lipinski definition) is 6. The standard InChI is InChI=1S/C23H23N5O3S/c1-28(17-5-6-17)32(30,31)18-7-2-14(3-8-18)20-13-26-22(24)21(27-20)16-4-9-19-15(12-16)10-11-25-23(19)29/h2-4,7-9,12-13,17H,5-6,10-11H2,1H3,(H2,24,26)(H,25,29). The van der Waals surface area contributed by atoms with E-state index in [0.29, 0.717) is 29.3 Å². The van der Waals surface area contributed by atoms with E-state index in [-0.39, 0.29) is 16.8 Å². The summed E-state index contributed by atoms with van der Waals surface area (Å²) in [5, 5.41) is 2.83. The Hall–Kier alpha value is -3.30. The normalized spacial score (nSPS) is 16.0. The molecule has 1 amide bonds. The van der Waals surface area contributed by atoms with Crippen molar-refractivity contribution in [3.8, 4) is 22.5 Å². The Morgan fingerprint density at radius 2 is 1.81 bits per heavy atom. The zero-order valence-electron chi connectivity index (χ0n) is 17.6. The molecule has 0 spiro atoms. The zero-order chi connectivity index (χ0) is 22.5. The highest BCUT2D eigenvalue weighted by Crippen LogP contribution is 2.32. The molecule has 0 unspecified atom stereocenters. The van der Waals surface area contributed by atoms with Crippen LogP contribution in [0, 0.1) is 0 Å². The average Bonchev–Trinajstić information content (AvgIpc) is 3.64. The number of nitrogens with zero attached hydrogens (tertiary/aromatic N) is 3. The average molecular weight is 450 g/mol. The zero-order valence-corrected chi connectivity index (χ0v) is 18.4. The predicted octanol–water partition coefficient (Wildman–Crippen LogP) is 2.46. The summed E-state index contributed by atoms with van der Waals surface area (Å²) in [6, 6.07) is 12.3. The van der Waals surface area contributed by atoms with Crippen LogP contribution in [0.3, 0.4) is 0 Å². The van der Waals surface area contributed by atoms with Gasteiger partial charge in [-0.05, 0) is 49.1 Å². The van der Waals surface area contributed by atoms with E-state index in [0.717, 1.165) is 36.0 Å². The van der Waals surface area contributed by atoms with Gasteiger partial charge in [0.2, 0.25) is 10.0 Å². The molecule has 2 aliphatic rings. The molecule has 32 heavy (non-hydrogen) atoms. The molecule has 0 atom stereocenters. The largest absolute Gasteiger partial charge is 0.382 e. The fourth-order valence-corrected chi connectivity index (χ4v) is 5.34. The van der Waals surface area contributed by atoms with Crippen LogP contribution < -0.4 is 11.1 Å². The summed E-state index contributed by atoms with van der Waals surface area (Å²) in [7, 11) is -1.88. The SMILES string of the molecule is CN(C1CC1)S(=O)(=O)c1ccc(-c2cnc(N)c(-c3ccc4c(c3)CCNC4=O)n2)cc1. The maximum absolute atomic E-state index is 12.7. The van der Waals surface area contributed by atoms with Crippen molar-refractivity contribution in [2.24, 2.45) is 0 Å². The molecule has 2 aromatic carbocycles. The van der Waals surface area contributed by atoms with E-state index in [9.17, 15) is 13.2 Å². The van der Waals surface area contributed by atoms with Crippen LogP contribution in [0.5, 0.6) is 0 Å². The van der Waals surface area contributed by atoms with Crippen LogP contribution in [0.15, 0.2) is 53.6 Å². The van der Waals surface area contributed by atoms with Crippen molar-refractivity contribution >= 4 is 21.7 Å². The minimum absolute atomic E-state index is 0.0759. The van der Waals surface area contributed by atoms with Gasteiger partial charge < -0.3 is 11.1 Å². The topological polar surface area (TPSA) is 118 Å². The summed E-state index contributed by atoms with van der Waals surface area (Å²) in [4.78, 5) is 21.3. The first-order valence-corrected chi connectivity index (χ1v) is 11.9. The maximum Gasteiger partial charge on any atom is 0.251 e. The third-order valence-electron chi connectivity index (χ3n) is 5.99. The van der Waals surface area contributed by atoms with Gasteiger partial charge in [-0.3, -0.25) is 4.79 Å². The van der Waals surface area contributed by atoms with E-state index in [1.165, 1.54) is 4.31 Å². The molecule has 2 heterocycles. The van der Waals surface area contributed by atoms with Crippen LogP contribution in [-0.4, -0.2) is 48.2 Å². The maximum atomic E-state index is 12.7. The van der Waals surface area contributed by atoms with Crippen LogP contribution in [-0.2, 0) is 16.4 Å². The quantitative estimate of drug-likeness (QED) is 0.618. The van der Waals surface area contributed by atoms with Crippen LogP contribution in [0.4, 0.5) is 5.82 Å². The molecule has 8 nitrogen and oxygen atoms in total. The number of carbonyl (C=O) groups is 1. The summed E-state index contributed by atoms with van der Waals surface area (Å²) in [5.41, 5.74) is 10.4. The Morgan fingerprint density at radius 3 is 2.53 bits per heavy atom. The first kappa shape index (κ1) is 20.6. The molecule has 1 saturated carbocycles. The summed E-state index contributed by atoms with van der Waals surface area (Å²) in [5.74, 6) is 0.215. The molecule has 3 N–H and O–H groups in total. The van der Waals surface area contributed by atoms with Crippen LogP contribution in [0.1, 0.15) is 28.8 Å². The molecule has 9 heteroatoms. The van der Waals surface area contributed by atoms with Gasteiger partial charge in [-0.25, -0.2) is 18.4 Å². The number of nitrogen functional groups attached to an aromatic ring is 1. The van der Waals surface area contributed by atoms with Gasteiger partial charge in [-0.2, -0.15) is 4.31 Å². The van der Waals surface area contributed by atoms with Crippen molar-refractivity contribution in [2.45, 2.75) is 30.2 Å². The van der Waals surface area contributed by atoms with E-state index >= 15 is 0 Å². The van der Waals surface area contributed by atoms with Crippen molar-refractivity contribution in [1.29, 1.82) is 0 Å². The van der Waals surface area contributed by atoms with Gasteiger partial charge in [0, 0.05) is 36.3 Å². The van der Waals surface area contributed by atoms with E-state index < -0.39 is 10.0 Å². The number of anilines is 1. The van der Waals surface area contributed by atoms with Crippen molar-refractivity contribution < 1.29 is 13.2 Å². The van der Waals surface area contributed by atoms with E-state index in [1.807, 2.05) is 12.1 Å². The number of benzene rings is 2. The van der Waals surface area contributed by atoms with Crippen molar-refractivity contribution in [2.75, 3.05) is 19.3 Å². The lowest BCUT2D eigenvalue weighted by Crippen LogP contribution is -2.31. The number of aromatic nitrogens is 2. The first-order chi connectivity index (χ1) is 15.3. The number of hydrogen-bond donors (Lipinski definition) is 2. The fourth-order valence-electron chi connectivity index (χ4n) is 3.92. The van der Waals surface area contributed by atoms with Gasteiger partial charge in [-0.1, -0.05) is 18.2 Å². The lowest BCUT2D eigenvalue weighted by molar-refractivity contribution is 0.0946. The molecule has 0 bridgehead atoms. The summed E-state index contributed by atoms with van der Waals surface area (Å²) >= 11 is 0. The molecule has 1 fully saturated rings. The summed E-state index contributed by atoms with van der Waals surface area (Å²) in [6.07, 6.45) is 4.13. The van der Waals surface area contributed by atoms with E-state index in [2.05, 4.69) is 10.3 Å². The Morgan fingerprint density at radius 1 is 1.09 bits per heavy atom. The van der Waals surface area contributed by atoms with Crippen LogP contribution >= 0.6 is 0 Å². The number of rotatable bonds is 5. The second-order valence-electron chi connectivity index (χ2n) is 8.14. The number of nitrogens with two attached hydrogens (primary N) is 1. The first-order valence-electron chi connectivity index (χ1n) is 10.5. The van der Waals surface area contributed by atoms with Crippen LogP contribution in [0.2, 0.25) is 0 Å². The van der Waals surface area contributed by atoms with Gasteiger partial charge in [0.05, 0.1) is 16.8 Å². The molecule has 0 saturated heterocycles. The Bertz CT molecular complexity index is 1320. The molecule has 3 aromatic rings. The van der Waals surface area contributed by atoms with Gasteiger partial charge in [0.25, 0.3) is 5.91 Å². The third kappa shape index (κ3) is 3.63. The molecular weight excluding hydrogens is 426 g/mol. The summed E-state index contributed by atoms with van der Waals surface area (Å²) < 4.78 is 26.9. The predicted molar refractivity (Wildman–Crippen MR) is 121 cm³/mol. The molecule has 1 aromatic heterocycles. The minimum Gasteiger partial charge on any atom is -0.382 e. The second-order valence-corrected chi connectivity index (χ2v) is 10.1. The number of sulfonamides is 1. The molecule has 5 rings (SSSR count). The number of fused-ring (bicyclic) bond motifs is 1. The minimum atomic E-state index is -3.50. The second kappa shape index (κ2) is 7.68. The highest BCUT2D eigenvalue weighted by molar-refractivity contribution is 7.89.